The van der Waals surface area contributed by atoms with Crippen LogP contribution in [0.15, 0.2) is 0 Å². The van der Waals surface area contributed by atoms with Crippen LogP contribution >= 0.6 is 0 Å². The zero-order valence-electron chi connectivity index (χ0n) is 15.4. The molecule has 1 aliphatic heterocycles. The van der Waals surface area contributed by atoms with E-state index in [2.05, 4.69) is 45.0 Å². The maximum Gasteiger partial charge on any atom is 0.0331 e. The Balaban J connectivity index is 2.72. The Kier molecular flexibility index (Phi) is 8.89. The van der Waals surface area contributed by atoms with E-state index in [1.807, 2.05) is 0 Å². The molecular formula is C19H40N2. The van der Waals surface area contributed by atoms with Gasteiger partial charge >= 0.3 is 0 Å². The summed E-state index contributed by atoms with van der Waals surface area (Å²) in [5.41, 5.74) is 0.328. The van der Waals surface area contributed by atoms with Gasteiger partial charge in [-0.2, -0.15) is 0 Å². The standard InChI is InChI=1S/C19H40N2/c1-6-9-13-17(7-2)16-18(20-5)19(4,8-3)21-14-11-10-12-15-21/h17-18,20H,6-16H2,1-5H3. The van der Waals surface area contributed by atoms with Crippen LogP contribution in [0.3, 0.4) is 0 Å². The monoisotopic (exact) mass is 296 g/mol. The minimum Gasteiger partial charge on any atom is -0.315 e. The van der Waals surface area contributed by atoms with Crippen LogP contribution in [0, 0.1) is 5.92 Å². The number of hydrogen-bond donors (Lipinski definition) is 1. The highest BCUT2D eigenvalue weighted by molar-refractivity contribution is 4.97. The third kappa shape index (κ3) is 5.25. The molecule has 3 unspecified atom stereocenters. The van der Waals surface area contributed by atoms with Gasteiger partial charge in [-0.3, -0.25) is 4.90 Å². The van der Waals surface area contributed by atoms with Crippen molar-refractivity contribution in [2.75, 3.05) is 20.1 Å². The van der Waals surface area contributed by atoms with E-state index in [-0.39, 0.29) is 0 Å². The van der Waals surface area contributed by atoms with E-state index >= 15 is 0 Å². The minimum atomic E-state index is 0.328. The lowest BCUT2D eigenvalue weighted by atomic mass is 9.79. The number of nitrogens with one attached hydrogen (secondary N) is 1. The molecule has 1 aliphatic rings. The Morgan fingerprint density at radius 2 is 1.76 bits per heavy atom. The van der Waals surface area contributed by atoms with Crippen molar-refractivity contribution in [3.05, 3.63) is 0 Å². The van der Waals surface area contributed by atoms with Crippen molar-refractivity contribution >= 4 is 0 Å². The highest BCUT2D eigenvalue weighted by Gasteiger charge is 2.38. The predicted molar refractivity (Wildman–Crippen MR) is 94.9 cm³/mol. The second-order valence-corrected chi connectivity index (χ2v) is 7.25. The summed E-state index contributed by atoms with van der Waals surface area (Å²) in [6, 6.07) is 0.627. The zero-order chi connectivity index (χ0) is 15.7. The average Bonchev–Trinajstić information content (AvgIpc) is 2.55. The number of nitrogens with zero attached hydrogens (tertiary/aromatic N) is 1. The first-order chi connectivity index (χ1) is 10.1. The maximum atomic E-state index is 3.69. The lowest BCUT2D eigenvalue weighted by Gasteiger charge is -2.49. The number of unbranched alkanes of at least 4 members (excludes halogenated alkanes) is 1. The Bertz CT molecular complexity index is 260. The third-order valence-corrected chi connectivity index (χ3v) is 6.01. The summed E-state index contributed by atoms with van der Waals surface area (Å²) in [5.74, 6) is 0.887. The minimum absolute atomic E-state index is 0.328. The molecule has 0 aromatic carbocycles. The highest BCUT2D eigenvalue weighted by atomic mass is 15.2. The van der Waals surface area contributed by atoms with Crippen molar-refractivity contribution in [2.24, 2.45) is 5.92 Å². The Hall–Kier alpha value is -0.0800. The van der Waals surface area contributed by atoms with Crippen LogP contribution in [-0.4, -0.2) is 36.6 Å². The lowest BCUT2D eigenvalue weighted by Crippen LogP contribution is -2.60. The summed E-state index contributed by atoms with van der Waals surface area (Å²) in [5, 5.41) is 3.69. The molecule has 126 valence electrons. The number of likely N-dealkylation sites (tertiary alicyclic amines) is 1. The molecule has 1 rings (SSSR count). The van der Waals surface area contributed by atoms with Gasteiger partial charge < -0.3 is 5.32 Å². The van der Waals surface area contributed by atoms with E-state index in [1.165, 1.54) is 70.9 Å². The topological polar surface area (TPSA) is 15.3 Å². The molecule has 21 heavy (non-hydrogen) atoms. The number of piperidine rings is 1. The van der Waals surface area contributed by atoms with Gasteiger partial charge in [-0.15, -0.1) is 0 Å². The first kappa shape index (κ1) is 19.0. The van der Waals surface area contributed by atoms with Crippen molar-refractivity contribution in [2.45, 2.75) is 97.1 Å². The van der Waals surface area contributed by atoms with Gasteiger partial charge in [-0.25, -0.2) is 0 Å². The van der Waals surface area contributed by atoms with Gasteiger partial charge in [-0.05, 0) is 58.7 Å². The smallest absolute Gasteiger partial charge is 0.0331 e. The first-order valence-electron chi connectivity index (χ1n) is 9.54. The fourth-order valence-corrected chi connectivity index (χ4v) is 4.09. The van der Waals surface area contributed by atoms with Crippen LogP contribution in [0.25, 0.3) is 0 Å². The van der Waals surface area contributed by atoms with E-state index in [9.17, 15) is 0 Å². The average molecular weight is 297 g/mol. The van der Waals surface area contributed by atoms with Crippen molar-refractivity contribution in [1.82, 2.24) is 10.2 Å². The second kappa shape index (κ2) is 9.84. The molecule has 1 saturated heterocycles. The van der Waals surface area contributed by atoms with E-state index in [4.69, 9.17) is 0 Å². The van der Waals surface area contributed by atoms with Crippen LogP contribution in [-0.2, 0) is 0 Å². The fraction of sp³-hybridized carbons (Fsp3) is 1.00. The SMILES string of the molecule is CCCCC(CC)CC(NC)C(C)(CC)N1CCCCC1. The van der Waals surface area contributed by atoms with Crippen LogP contribution in [0.5, 0.6) is 0 Å². The predicted octanol–water partition coefficient (Wildman–Crippen LogP) is 4.84. The maximum absolute atomic E-state index is 3.69. The molecule has 1 N–H and O–H groups in total. The number of likely N-dealkylation sites (N-methyl/N-ethyl adjacent to an activating group) is 1. The molecule has 0 saturated carbocycles. The van der Waals surface area contributed by atoms with Crippen LogP contribution in [0.4, 0.5) is 0 Å². The molecule has 2 nitrogen and oxygen atoms in total. The fourth-order valence-electron chi connectivity index (χ4n) is 4.09. The van der Waals surface area contributed by atoms with Gasteiger partial charge in [0.1, 0.15) is 0 Å². The van der Waals surface area contributed by atoms with Gasteiger partial charge in [0, 0.05) is 11.6 Å². The number of rotatable bonds is 10. The quantitative estimate of drug-likeness (QED) is 0.621. The summed E-state index contributed by atoms with van der Waals surface area (Å²) in [4.78, 5) is 2.78. The van der Waals surface area contributed by atoms with Crippen LogP contribution < -0.4 is 5.32 Å². The van der Waals surface area contributed by atoms with E-state index in [0.717, 1.165) is 5.92 Å². The number of hydrogen-bond acceptors (Lipinski definition) is 2. The molecule has 0 spiro atoms. The largest absolute Gasteiger partial charge is 0.315 e. The highest BCUT2D eigenvalue weighted by Crippen LogP contribution is 2.32. The second-order valence-electron chi connectivity index (χ2n) is 7.25. The van der Waals surface area contributed by atoms with Gasteiger partial charge in [0.05, 0.1) is 0 Å². The summed E-state index contributed by atoms with van der Waals surface area (Å²) in [6.45, 7) is 12.2. The zero-order valence-corrected chi connectivity index (χ0v) is 15.4. The molecule has 2 heteroatoms. The van der Waals surface area contributed by atoms with E-state index in [0.29, 0.717) is 11.6 Å². The van der Waals surface area contributed by atoms with Gasteiger partial charge in [0.2, 0.25) is 0 Å². The van der Waals surface area contributed by atoms with Crippen molar-refractivity contribution in [1.29, 1.82) is 0 Å². The molecule has 1 heterocycles. The Labute approximate surface area is 134 Å². The molecule has 1 fully saturated rings. The van der Waals surface area contributed by atoms with Crippen LogP contribution in [0.1, 0.15) is 85.5 Å². The van der Waals surface area contributed by atoms with Crippen molar-refractivity contribution in [3.63, 3.8) is 0 Å². The first-order valence-corrected chi connectivity index (χ1v) is 9.54. The van der Waals surface area contributed by atoms with E-state index < -0.39 is 0 Å². The van der Waals surface area contributed by atoms with Crippen molar-refractivity contribution in [3.8, 4) is 0 Å². The van der Waals surface area contributed by atoms with Gasteiger partial charge in [-0.1, -0.05) is 52.9 Å². The summed E-state index contributed by atoms with van der Waals surface area (Å²) < 4.78 is 0. The molecule has 3 atom stereocenters. The lowest BCUT2D eigenvalue weighted by molar-refractivity contribution is 0.0365. The molecule has 0 aromatic heterocycles. The van der Waals surface area contributed by atoms with Crippen LogP contribution in [0.2, 0.25) is 0 Å². The molecule has 0 aromatic rings. The van der Waals surface area contributed by atoms with Crippen molar-refractivity contribution < 1.29 is 0 Å². The third-order valence-electron chi connectivity index (χ3n) is 6.01. The molecule has 0 bridgehead atoms. The van der Waals surface area contributed by atoms with Gasteiger partial charge in [0.25, 0.3) is 0 Å². The molecule has 0 radical (unpaired) electrons. The molecule has 0 amide bonds. The molecule has 0 aliphatic carbocycles. The summed E-state index contributed by atoms with van der Waals surface area (Å²) >= 11 is 0. The summed E-state index contributed by atoms with van der Waals surface area (Å²) in [6.07, 6.45) is 12.3. The Morgan fingerprint density at radius 3 is 2.24 bits per heavy atom. The molecular weight excluding hydrogens is 256 g/mol. The Morgan fingerprint density at radius 1 is 1.10 bits per heavy atom. The normalized spacial score (nSPS) is 22.7. The van der Waals surface area contributed by atoms with Gasteiger partial charge in [0.15, 0.2) is 0 Å². The van der Waals surface area contributed by atoms with E-state index in [1.54, 1.807) is 0 Å². The summed E-state index contributed by atoms with van der Waals surface area (Å²) in [7, 11) is 2.18.